The molecular weight excluding hydrogens is 280 g/mol. The van der Waals surface area contributed by atoms with E-state index in [2.05, 4.69) is 19.9 Å². The van der Waals surface area contributed by atoms with Gasteiger partial charge in [-0.2, -0.15) is 12.6 Å². The van der Waals surface area contributed by atoms with Crippen LogP contribution in [0.4, 0.5) is 0 Å². The molecule has 3 aliphatic carbocycles. The summed E-state index contributed by atoms with van der Waals surface area (Å²) in [5.74, 6) is 2.10. The first kappa shape index (κ1) is 14.1. The molecule has 3 fully saturated rings. The summed E-state index contributed by atoms with van der Waals surface area (Å²) in [4.78, 5) is 11.8. The maximum Gasteiger partial charge on any atom is 0.178 e. The van der Waals surface area contributed by atoms with Gasteiger partial charge >= 0.3 is 0 Å². The van der Waals surface area contributed by atoms with Crippen LogP contribution in [0.1, 0.15) is 33.1 Å². The molecule has 0 unspecified atom stereocenters. The first-order chi connectivity index (χ1) is 9.94. The van der Waals surface area contributed by atoms with Crippen LogP contribution in [-0.2, 0) is 9.53 Å². The van der Waals surface area contributed by atoms with Crippen LogP contribution in [0, 0.1) is 28.6 Å². The minimum atomic E-state index is 0.0210. The van der Waals surface area contributed by atoms with Crippen molar-refractivity contribution in [3.63, 3.8) is 0 Å². The predicted octanol–water partition coefficient (Wildman–Crippen LogP) is 3.44. The number of thiol groups is 1. The molecule has 0 radical (unpaired) electrons. The van der Waals surface area contributed by atoms with Crippen LogP contribution in [0.2, 0.25) is 0 Å². The lowest BCUT2D eigenvalue weighted by atomic mass is 9.48. The lowest BCUT2D eigenvalue weighted by molar-refractivity contribution is -0.111. The molecule has 4 aliphatic rings. The molecule has 0 N–H and O–H groups in total. The number of ketones is 1. The summed E-state index contributed by atoms with van der Waals surface area (Å²) < 4.78 is 5.85. The number of ether oxygens (including phenoxy) is 1. The highest BCUT2D eigenvalue weighted by molar-refractivity contribution is 7.81. The van der Waals surface area contributed by atoms with Gasteiger partial charge in [-0.25, -0.2) is 0 Å². The Hall–Kier alpha value is -0.540. The number of carbonyl (C=O) groups is 1. The predicted molar refractivity (Wildman–Crippen MR) is 86.4 cm³/mol. The molecule has 1 saturated heterocycles. The van der Waals surface area contributed by atoms with E-state index in [1.165, 1.54) is 18.4 Å². The highest BCUT2D eigenvalue weighted by Crippen LogP contribution is 2.62. The van der Waals surface area contributed by atoms with Gasteiger partial charge in [0, 0.05) is 10.7 Å². The van der Waals surface area contributed by atoms with Gasteiger partial charge in [-0.05, 0) is 60.2 Å². The standard InChI is InChI=1S/C18H24O2S/c1-17-5-4-13-12(15(17)9-20-10-17)8-16(21)14-7-11(19)3-6-18(13,14)2/h3,6-7,12-13,15-16,21H,4-5,8-10H2,1-2H3/t12-,13+,15+,16+,17-,18-/m1/s1. The monoisotopic (exact) mass is 304 g/mol. The molecule has 0 aromatic heterocycles. The number of rotatable bonds is 0. The molecule has 0 aromatic carbocycles. The first-order valence-corrected chi connectivity index (χ1v) is 8.67. The van der Waals surface area contributed by atoms with Crippen LogP contribution < -0.4 is 0 Å². The Morgan fingerprint density at radius 2 is 2.14 bits per heavy atom. The van der Waals surface area contributed by atoms with Gasteiger partial charge in [0.25, 0.3) is 0 Å². The molecule has 4 rings (SSSR count). The Morgan fingerprint density at radius 3 is 2.95 bits per heavy atom. The smallest absolute Gasteiger partial charge is 0.178 e. The maximum atomic E-state index is 11.8. The summed E-state index contributed by atoms with van der Waals surface area (Å²) in [7, 11) is 0. The molecule has 0 amide bonds. The molecular formula is C18H24O2S. The fourth-order valence-electron chi connectivity index (χ4n) is 5.56. The third-order valence-electron chi connectivity index (χ3n) is 6.82. The van der Waals surface area contributed by atoms with Crippen LogP contribution in [-0.4, -0.2) is 24.2 Å². The second-order valence-corrected chi connectivity index (χ2v) is 8.58. The maximum absolute atomic E-state index is 11.8. The van der Waals surface area contributed by atoms with Crippen LogP contribution in [0.15, 0.2) is 23.8 Å². The zero-order valence-electron chi connectivity index (χ0n) is 12.8. The summed E-state index contributed by atoms with van der Waals surface area (Å²) in [6.45, 7) is 6.56. The Bertz CT molecular complexity index is 551. The second-order valence-electron chi connectivity index (χ2n) is 7.95. The quantitative estimate of drug-likeness (QED) is 0.694. The van der Waals surface area contributed by atoms with Crippen molar-refractivity contribution in [1.29, 1.82) is 0 Å². The van der Waals surface area contributed by atoms with Crippen molar-refractivity contribution in [2.24, 2.45) is 28.6 Å². The van der Waals surface area contributed by atoms with Gasteiger partial charge in [0.05, 0.1) is 13.2 Å². The molecule has 0 aromatic rings. The minimum Gasteiger partial charge on any atom is -0.381 e. The Balaban J connectivity index is 1.75. The second kappa shape index (κ2) is 4.48. The van der Waals surface area contributed by atoms with Crippen LogP contribution in [0.25, 0.3) is 0 Å². The Morgan fingerprint density at radius 1 is 1.33 bits per heavy atom. The Labute approximate surface area is 132 Å². The van der Waals surface area contributed by atoms with Gasteiger partial charge in [0.15, 0.2) is 5.78 Å². The van der Waals surface area contributed by atoms with E-state index >= 15 is 0 Å². The lowest BCUT2D eigenvalue weighted by Gasteiger charge is -2.56. The average Bonchev–Trinajstić information content (AvgIpc) is 2.83. The van der Waals surface area contributed by atoms with Gasteiger partial charge in [0.1, 0.15) is 0 Å². The number of carbonyl (C=O) groups excluding carboxylic acids is 1. The average molecular weight is 304 g/mol. The number of allylic oxidation sites excluding steroid dienone is 3. The van der Waals surface area contributed by atoms with Crippen molar-refractivity contribution >= 4 is 18.4 Å². The minimum absolute atomic E-state index is 0.0210. The molecule has 21 heavy (non-hydrogen) atoms. The topological polar surface area (TPSA) is 26.3 Å². The van der Waals surface area contributed by atoms with Gasteiger partial charge < -0.3 is 4.74 Å². The lowest BCUT2D eigenvalue weighted by Crippen LogP contribution is -2.52. The van der Waals surface area contributed by atoms with E-state index in [0.717, 1.165) is 19.6 Å². The molecule has 1 aliphatic heterocycles. The summed E-state index contributed by atoms with van der Waals surface area (Å²) in [5, 5.41) is 0.216. The molecule has 3 heteroatoms. The number of hydrogen-bond acceptors (Lipinski definition) is 3. The summed E-state index contributed by atoms with van der Waals surface area (Å²) in [6.07, 6.45) is 9.38. The third kappa shape index (κ3) is 1.86. The van der Waals surface area contributed by atoms with Crippen LogP contribution >= 0.6 is 12.6 Å². The van der Waals surface area contributed by atoms with E-state index in [-0.39, 0.29) is 16.4 Å². The fourth-order valence-corrected chi connectivity index (χ4v) is 6.16. The van der Waals surface area contributed by atoms with Crippen molar-refractivity contribution in [2.75, 3.05) is 13.2 Å². The van der Waals surface area contributed by atoms with Crippen LogP contribution in [0.5, 0.6) is 0 Å². The van der Waals surface area contributed by atoms with Gasteiger partial charge in [-0.3, -0.25) is 4.79 Å². The largest absolute Gasteiger partial charge is 0.381 e. The zero-order chi connectivity index (χ0) is 14.8. The van der Waals surface area contributed by atoms with E-state index in [4.69, 9.17) is 17.4 Å². The van der Waals surface area contributed by atoms with E-state index in [1.54, 1.807) is 6.08 Å². The normalized spacial score (nSPS) is 52.0. The third-order valence-corrected chi connectivity index (χ3v) is 7.31. The van der Waals surface area contributed by atoms with Crippen molar-refractivity contribution < 1.29 is 9.53 Å². The molecule has 2 saturated carbocycles. The van der Waals surface area contributed by atoms with Crippen molar-refractivity contribution in [2.45, 2.75) is 38.4 Å². The zero-order valence-corrected chi connectivity index (χ0v) is 13.7. The Kier molecular flexibility index (Phi) is 3.01. The van der Waals surface area contributed by atoms with Gasteiger partial charge in [-0.1, -0.05) is 19.9 Å². The summed E-state index contributed by atoms with van der Waals surface area (Å²) >= 11 is 4.86. The van der Waals surface area contributed by atoms with Crippen molar-refractivity contribution in [1.82, 2.24) is 0 Å². The van der Waals surface area contributed by atoms with Gasteiger partial charge in [0.2, 0.25) is 0 Å². The van der Waals surface area contributed by atoms with Crippen molar-refractivity contribution in [3.8, 4) is 0 Å². The SMILES string of the molecule is C[C@]12CC[C@H]3[C@@H](C[C@H](S)C4=CC(=O)C=C[C@@]43C)[C@@H]1COC2. The highest BCUT2D eigenvalue weighted by Gasteiger charge is 2.57. The van der Waals surface area contributed by atoms with E-state index < -0.39 is 0 Å². The number of hydrogen-bond donors (Lipinski definition) is 1. The molecule has 0 bridgehead atoms. The molecule has 6 atom stereocenters. The summed E-state index contributed by atoms with van der Waals surface area (Å²) in [6, 6.07) is 0. The molecule has 2 nitrogen and oxygen atoms in total. The molecule has 0 spiro atoms. The number of fused-ring (bicyclic) bond motifs is 5. The van der Waals surface area contributed by atoms with E-state index in [9.17, 15) is 4.79 Å². The van der Waals surface area contributed by atoms with Gasteiger partial charge in [-0.15, -0.1) is 0 Å². The molecule has 114 valence electrons. The summed E-state index contributed by atoms with van der Waals surface area (Å²) in [5.41, 5.74) is 1.63. The van der Waals surface area contributed by atoms with Crippen molar-refractivity contribution in [3.05, 3.63) is 23.8 Å². The fraction of sp³-hybridized carbons (Fsp3) is 0.722. The molecule has 1 heterocycles. The van der Waals surface area contributed by atoms with E-state index in [0.29, 0.717) is 23.2 Å². The highest BCUT2D eigenvalue weighted by atomic mass is 32.1. The first-order valence-electron chi connectivity index (χ1n) is 8.15. The van der Waals surface area contributed by atoms with E-state index in [1.807, 2.05) is 6.08 Å². The van der Waals surface area contributed by atoms with Crippen LogP contribution in [0.3, 0.4) is 0 Å².